The van der Waals surface area contributed by atoms with Gasteiger partial charge in [0.1, 0.15) is 8.84 Å². The van der Waals surface area contributed by atoms with E-state index >= 15 is 0 Å². The molecule has 0 bridgehead atoms. The lowest BCUT2D eigenvalue weighted by molar-refractivity contribution is -0.138. The van der Waals surface area contributed by atoms with E-state index in [0.29, 0.717) is 0 Å². The quantitative estimate of drug-likeness (QED) is 0.291. The number of nitrogens with two attached hydrogens (primary N) is 2. The van der Waals surface area contributed by atoms with E-state index in [4.69, 9.17) is 24.6 Å². The summed E-state index contributed by atoms with van der Waals surface area (Å²) >= 11 is 0. The Balaban J connectivity index is 5.79. The number of hydrogen-bond donors (Lipinski definition) is 5. The van der Waals surface area contributed by atoms with Gasteiger partial charge in [-0.3, -0.25) is 10.2 Å². The van der Waals surface area contributed by atoms with Crippen LogP contribution in [0.5, 0.6) is 0 Å². The number of rotatable bonds is 6. The van der Waals surface area contributed by atoms with Crippen LogP contribution in [0.15, 0.2) is 0 Å². The van der Waals surface area contributed by atoms with Crippen molar-refractivity contribution in [3.63, 3.8) is 0 Å². The Bertz CT molecular complexity index is 404. The number of carboxylic acid groups (broad SMARTS) is 1. The van der Waals surface area contributed by atoms with Crippen molar-refractivity contribution in [2.24, 2.45) is 17.3 Å². The minimum atomic E-state index is -3.32. The van der Waals surface area contributed by atoms with E-state index in [1.54, 1.807) is 0 Å². The molecular weight excluding hydrogens is 184 g/mol. The van der Waals surface area contributed by atoms with Gasteiger partial charge in [-0.15, -0.1) is 0 Å². The summed E-state index contributed by atoms with van der Waals surface area (Å²) in [6.45, 7) is 2.29. The first-order valence-electron chi connectivity index (χ1n) is 6.74. The number of carbonyl (C=O) groups is 1. The van der Waals surface area contributed by atoms with E-state index < -0.39 is 42.0 Å². The third-order valence-corrected chi connectivity index (χ3v) is 1.54. The maximum atomic E-state index is 11.1. The number of hydrogen-bond acceptors (Lipinski definition) is 3. The van der Waals surface area contributed by atoms with Crippen LogP contribution < -0.4 is 16.8 Å². The molecule has 14 heavy (non-hydrogen) atoms. The van der Waals surface area contributed by atoms with E-state index in [1.807, 2.05) is 0 Å². The molecule has 0 aromatic heterocycles. The average molecular weight is 208 g/mol. The maximum Gasteiger partial charge on any atom is 0.320 e. The molecule has 0 radical (unpaired) electrons. The van der Waals surface area contributed by atoms with Crippen LogP contribution in [0.1, 0.15) is 25.7 Å². The van der Waals surface area contributed by atoms with Crippen molar-refractivity contribution in [3.8, 4) is 0 Å². The molecule has 0 aromatic rings. The molecule has 0 saturated carbocycles. The van der Waals surface area contributed by atoms with Crippen LogP contribution in [0, 0.1) is 11.3 Å². The summed E-state index contributed by atoms with van der Waals surface area (Å²) in [5.74, 6) is -4.88. The minimum Gasteiger partial charge on any atom is -0.480 e. The molecule has 0 aromatic carbocycles. The van der Waals surface area contributed by atoms with Gasteiger partial charge >= 0.3 is 5.97 Å². The van der Waals surface area contributed by atoms with Crippen LogP contribution in [0.3, 0.4) is 0 Å². The van der Waals surface area contributed by atoms with E-state index in [9.17, 15) is 4.79 Å². The standard InChI is InChI=1S/C8H18N4O2/c1-4(3-6(9)7(13)14)5(2)12-8(10)11/h4-6H,3,9H2,1-2H3,(H,13,14)(H4,10,11,12)/t4?,5?,6-/m0/s1/i3D2,4D,6D/hD2. The Morgan fingerprint density at radius 2 is 2.43 bits per heavy atom. The lowest BCUT2D eigenvalue weighted by Crippen LogP contribution is -2.43. The third-order valence-electron chi connectivity index (χ3n) is 1.54. The van der Waals surface area contributed by atoms with Crippen LogP contribution in [0.2, 0.25) is 2.82 Å². The number of carboxylic acids is 1. The molecule has 3 atom stereocenters. The van der Waals surface area contributed by atoms with Crippen LogP contribution in [0.4, 0.5) is 0 Å². The van der Waals surface area contributed by atoms with E-state index in [1.165, 1.54) is 6.92 Å². The fraction of sp³-hybridized carbons (Fsp3) is 0.750. The third kappa shape index (κ3) is 4.66. The lowest BCUT2D eigenvalue weighted by Gasteiger charge is -2.22. The Hall–Kier alpha value is -1.30. The molecule has 0 aliphatic rings. The summed E-state index contributed by atoms with van der Waals surface area (Å²) in [5, 5.41) is 18.3. The summed E-state index contributed by atoms with van der Waals surface area (Å²) in [7, 11) is 0. The summed E-state index contributed by atoms with van der Waals surface area (Å²) < 4.78 is 45.2. The molecule has 7 N–H and O–H groups in total. The Morgan fingerprint density at radius 1 is 1.86 bits per heavy atom. The van der Waals surface area contributed by atoms with E-state index in [-0.39, 0.29) is 0 Å². The molecule has 0 spiro atoms. The smallest absolute Gasteiger partial charge is 0.320 e. The van der Waals surface area contributed by atoms with Crippen molar-refractivity contribution >= 4 is 11.9 Å². The zero-order valence-corrected chi connectivity index (χ0v) is 7.96. The molecule has 0 heterocycles. The highest BCUT2D eigenvalue weighted by Crippen LogP contribution is 2.09. The second-order valence-corrected chi connectivity index (χ2v) is 2.74. The Kier molecular flexibility index (Phi) is 2.15. The van der Waals surface area contributed by atoms with Gasteiger partial charge in [-0.2, -0.15) is 0 Å². The summed E-state index contributed by atoms with van der Waals surface area (Å²) in [6, 6.07) is -4.46. The van der Waals surface area contributed by atoms with Crippen LogP contribution in [-0.4, -0.2) is 29.1 Å². The summed E-state index contributed by atoms with van der Waals surface area (Å²) in [4.78, 5) is 11.1. The SMILES string of the molecule is [2H]N([2H])[C@]([2H])(C(=O)O)C([2H])([2H])C([2H])(C)C(C)NC(=N)N. The molecule has 0 saturated heterocycles. The fourth-order valence-corrected chi connectivity index (χ4v) is 0.690. The summed E-state index contributed by atoms with van der Waals surface area (Å²) in [6.07, 6.45) is -3.13. The molecule has 6 heteroatoms. The van der Waals surface area contributed by atoms with Gasteiger partial charge in [-0.1, -0.05) is 6.92 Å². The first-order valence-corrected chi connectivity index (χ1v) is 3.84. The molecule has 0 aliphatic heterocycles. The van der Waals surface area contributed by atoms with Gasteiger partial charge < -0.3 is 21.9 Å². The second kappa shape index (κ2) is 5.43. The van der Waals surface area contributed by atoms with Crippen LogP contribution >= 0.6 is 0 Å². The van der Waals surface area contributed by atoms with E-state index in [2.05, 4.69) is 5.32 Å². The predicted octanol–water partition coefficient (Wildman–Crippen LogP) is -0.704. The number of guanidine groups is 1. The van der Waals surface area contributed by atoms with Crippen LogP contribution in [-0.2, 0) is 4.79 Å². The Morgan fingerprint density at radius 3 is 2.79 bits per heavy atom. The summed E-state index contributed by atoms with van der Waals surface area (Å²) in [5.41, 5.74) is 4.49. The topological polar surface area (TPSA) is 125 Å². The van der Waals surface area contributed by atoms with Crippen molar-refractivity contribution < 1.29 is 18.2 Å². The molecular formula is C8H18N4O2. The van der Waals surface area contributed by atoms with Crippen molar-refractivity contribution in [3.05, 3.63) is 0 Å². The predicted molar refractivity (Wildman–Crippen MR) is 53.9 cm³/mol. The largest absolute Gasteiger partial charge is 0.480 e. The highest BCUT2D eigenvalue weighted by molar-refractivity contribution is 5.74. The highest BCUT2D eigenvalue weighted by Gasteiger charge is 2.19. The second-order valence-electron chi connectivity index (χ2n) is 2.74. The van der Waals surface area contributed by atoms with Gasteiger partial charge in [0.15, 0.2) is 5.96 Å². The van der Waals surface area contributed by atoms with Crippen LogP contribution in [0.25, 0.3) is 0 Å². The molecule has 6 nitrogen and oxygen atoms in total. The zero-order chi connectivity index (χ0) is 16.5. The normalized spacial score (nSPS) is 28.8. The molecule has 0 amide bonds. The van der Waals surface area contributed by atoms with Crippen molar-refractivity contribution in [1.29, 1.82) is 5.41 Å². The van der Waals surface area contributed by atoms with Gasteiger partial charge in [-0.25, -0.2) is 0 Å². The van der Waals surface area contributed by atoms with Crippen molar-refractivity contribution in [2.45, 2.75) is 32.3 Å². The minimum absolute atomic E-state index is 0.550. The van der Waals surface area contributed by atoms with Gasteiger partial charge in [-0.05, 0) is 19.2 Å². The number of nitrogens with one attached hydrogen (secondary N) is 2. The van der Waals surface area contributed by atoms with Crippen molar-refractivity contribution in [1.82, 2.24) is 5.32 Å². The van der Waals surface area contributed by atoms with Crippen molar-refractivity contribution in [2.75, 3.05) is 0 Å². The zero-order valence-electron chi connectivity index (χ0n) is 14.0. The molecule has 0 rings (SSSR count). The van der Waals surface area contributed by atoms with Gasteiger partial charge in [0.25, 0.3) is 0 Å². The van der Waals surface area contributed by atoms with Gasteiger partial charge in [0.05, 0.1) is 1.37 Å². The monoisotopic (exact) mass is 208 g/mol. The first kappa shape index (κ1) is 5.55. The van der Waals surface area contributed by atoms with Gasteiger partial charge in [0, 0.05) is 10.2 Å². The van der Waals surface area contributed by atoms with Gasteiger partial charge in [0.2, 0.25) is 0 Å². The maximum absolute atomic E-state index is 11.1. The lowest BCUT2D eigenvalue weighted by atomic mass is 9.95. The first-order chi connectivity index (χ1) is 8.72. The average Bonchev–Trinajstić information content (AvgIpc) is 2.25. The fourth-order valence-electron chi connectivity index (χ4n) is 0.690. The molecule has 2 unspecified atom stereocenters. The van der Waals surface area contributed by atoms with E-state index in [0.717, 1.165) is 6.92 Å². The highest BCUT2D eigenvalue weighted by atomic mass is 16.4. The Labute approximate surface area is 91.7 Å². The molecule has 82 valence electrons. The number of aliphatic carboxylic acids is 1. The molecule has 0 fully saturated rings. The molecule has 0 aliphatic carbocycles.